The molecule has 2 aromatic rings. The molecule has 0 unspecified atom stereocenters. The molecule has 0 aliphatic heterocycles. The molecule has 27 heavy (non-hydrogen) atoms. The van der Waals surface area contributed by atoms with Gasteiger partial charge in [0.25, 0.3) is 5.91 Å². The van der Waals surface area contributed by atoms with Gasteiger partial charge in [-0.2, -0.15) is 10.5 Å². The molecule has 0 bridgehead atoms. The number of halogens is 1. The average Bonchev–Trinajstić information content (AvgIpc) is 3.02. The van der Waals surface area contributed by atoms with Gasteiger partial charge in [0, 0.05) is 4.88 Å². The second-order valence-electron chi connectivity index (χ2n) is 6.04. The van der Waals surface area contributed by atoms with E-state index in [0.717, 1.165) is 36.1 Å². The lowest BCUT2D eigenvalue weighted by Gasteiger charge is -2.09. The van der Waals surface area contributed by atoms with Crippen molar-refractivity contribution in [2.45, 2.75) is 25.7 Å². The zero-order valence-corrected chi connectivity index (χ0v) is 16.2. The largest absolute Gasteiger partial charge is 0.495 e. The molecule has 0 saturated carbocycles. The van der Waals surface area contributed by atoms with Gasteiger partial charge in [0.05, 0.1) is 17.7 Å². The van der Waals surface area contributed by atoms with E-state index in [-0.39, 0.29) is 5.57 Å². The summed E-state index contributed by atoms with van der Waals surface area (Å²) in [6.45, 7) is 0. The van der Waals surface area contributed by atoms with Crippen LogP contribution >= 0.6 is 22.9 Å². The number of ether oxygens (including phenoxy) is 1. The molecule has 1 aliphatic rings. The van der Waals surface area contributed by atoms with Crippen LogP contribution in [0.1, 0.15) is 34.4 Å². The molecular formula is C20H16ClN3O2S. The number of methoxy groups -OCH3 is 1. The number of nitrogens with one attached hydrogen (secondary N) is 1. The standard InChI is InChI=1S/C20H16ClN3O2S/c1-26-17-7-6-12(9-16(17)21)8-13(10-22)19(25)24-20-15(11-23)14-4-2-3-5-18(14)27-20/h6-9H,2-5H2,1H3,(H,24,25)/b13-8+. The quantitative estimate of drug-likeness (QED) is 0.598. The normalized spacial score (nSPS) is 13.3. The number of rotatable bonds is 4. The Kier molecular flexibility index (Phi) is 5.81. The molecular weight excluding hydrogens is 382 g/mol. The topological polar surface area (TPSA) is 85.9 Å². The number of anilines is 1. The number of benzene rings is 1. The van der Waals surface area contributed by atoms with Crippen molar-refractivity contribution < 1.29 is 9.53 Å². The van der Waals surface area contributed by atoms with E-state index in [1.807, 2.05) is 6.07 Å². The summed E-state index contributed by atoms with van der Waals surface area (Å²) in [6, 6.07) is 9.11. The summed E-state index contributed by atoms with van der Waals surface area (Å²) < 4.78 is 5.10. The lowest BCUT2D eigenvalue weighted by molar-refractivity contribution is -0.112. The van der Waals surface area contributed by atoms with Crippen molar-refractivity contribution in [2.75, 3.05) is 12.4 Å². The van der Waals surface area contributed by atoms with Crippen molar-refractivity contribution >= 4 is 39.9 Å². The number of nitrogens with zero attached hydrogens (tertiary/aromatic N) is 2. The lowest BCUT2D eigenvalue weighted by atomic mass is 9.96. The molecule has 1 aromatic heterocycles. The molecule has 0 fully saturated rings. The SMILES string of the molecule is COc1ccc(/C=C(\C#N)C(=O)Nc2sc3c(c2C#N)CCCC3)cc1Cl. The molecule has 5 nitrogen and oxygen atoms in total. The molecule has 136 valence electrons. The van der Waals surface area contributed by atoms with Gasteiger partial charge < -0.3 is 10.1 Å². The van der Waals surface area contributed by atoms with Crippen LogP contribution in [0.25, 0.3) is 6.08 Å². The Labute approximate surface area is 166 Å². The van der Waals surface area contributed by atoms with E-state index >= 15 is 0 Å². The first kappa shape index (κ1) is 19.0. The van der Waals surface area contributed by atoms with E-state index in [1.165, 1.54) is 24.5 Å². The summed E-state index contributed by atoms with van der Waals surface area (Å²) in [7, 11) is 1.51. The van der Waals surface area contributed by atoms with E-state index in [0.29, 0.717) is 26.9 Å². The second-order valence-corrected chi connectivity index (χ2v) is 7.56. The molecule has 0 saturated heterocycles. The van der Waals surface area contributed by atoms with Crippen LogP contribution in [0, 0.1) is 22.7 Å². The lowest BCUT2D eigenvalue weighted by Crippen LogP contribution is -2.13. The van der Waals surface area contributed by atoms with E-state index in [2.05, 4.69) is 11.4 Å². The number of nitriles is 2. The van der Waals surface area contributed by atoms with Gasteiger partial charge in [-0.15, -0.1) is 11.3 Å². The Hall–Kier alpha value is -2.80. The maximum atomic E-state index is 12.6. The number of carbonyl (C=O) groups excluding carboxylic acids is 1. The van der Waals surface area contributed by atoms with Gasteiger partial charge in [0.15, 0.2) is 0 Å². The van der Waals surface area contributed by atoms with E-state index in [9.17, 15) is 15.3 Å². The fourth-order valence-electron chi connectivity index (χ4n) is 3.03. The molecule has 1 aliphatic carbocycles. The summed E-state index contributed by atoms with van der Waals surface area (Å²) in [5.74, 6) is -0.0286. The van der Waals surface area contributed by atoms with Gasteiger partial charge in [0.2, 0.25) is 0 Å². The van der Waals surface area contributed by atoms with Crippen LogP contribution in [-0.2, 0) is 17.6 Å². The van der Waals surface area contributed by atoms with Gasteiger partial charge >= 0.3 is 0 Å². The minimum absolute atomic E-state index is 0.0634. The Bertz CT molecular complexity index is 1010. The van der Waals surface area contributed by atoms with E-state index in [1.54, 1.807) is 18.2 Å². The molecule has 0 radical (unpaired) electrons. The van der Waals surface area contributed by atoms with Crippen molar-refractivity contribution in [3.05, 3.63) is 50.4 Å². The van der Waals surface area contributed by atoms with Gasteiger partial charge in [-0.3, -0.25) is 4.79 Å². The second kappa shape index (κ2) is 8.26. The molecule has 1 N–H and O–H groups in total. The van der Waals surface area contributed by atoms with Gasteiger partial charge in [-0.25, -0.2) is 0 Å². The highest BCUT2D eigenvalue weighted by molar-refractivity contribution is 7.16. The number of fused-ring (bicyclic) bond motifs is 1. The van der Waals surface area contributed by atoms with Crippen molar-refractivity contribution in [3.63, 3.8) is 0 Å². The Morgan fingerprint density at radius 1 is 1.33 bits per heavy atom. The first-order chi connectivity index (χ1) is 13.1. The molecule has 7 heteroatoms. The molecule has 1 amide bonds. The number of hydrogen-bond donors (Lipinski definition) is 1. The van der Waals surface area contributed by atoms with Crippen molar-refractivity contribution in [1.82, 2.24) is 0 Å². The zero-order valence-electron chi connectivity index (χ0n) is 14.6. The monoisotopic (exact) mass is 397 g/mol. The molecule has 3 rings (SSSR count). The number of carbonyl (C=O) groups is 1. The van der Waals surface area contributed by atoms with E-state index in [4.69, 9.17) is 16.3 Å². The van der Waals surface area contributed by atoms with Crippen molar-refractivity contribution in [3.8, 4) is 17.9 Å². The summed E-state index contributed by atoms with van der Waals surface area (Å²) in [5, 5.41) is 22.5. The highest BCUT2D eigenvalue weighted by Gasteiger charge is 2.22. The molecule has 0 atom stereocenters. The minimum Gasteiger partial charge on any atom is -0.495 e. The Morgan fingerprint density at radius 2 is 2.11 bits per heavy atom. The summed E-state index contributed by atoms with van der Waals surface area (Å²) >= 11 is 7.52. The van der Waals surface area contributed by atoms with Crippen LogP contribution in [0.5, 0.6) is 5.75 Å². The Balaban J connectivity index is 1.86. The maximum Gasteiger partial charge on any atom is 0.266 e. The summed E-state index contributed by atoms with van der Waals surface area (Å²) in [6.07, 6.45) is 5.38. The third kappa shape index (κ3) is 3.98. The van der Waals surface area contributed by atoms with Crippen LogP contribution in [-0.4, -0.2) is 13.0 Å². The predicted molar refractivity (Wildman–Crippen MR) is 106 cm³/mol. The van der Waals surface area contributed by atoms with Crippen molar-refractivity contribution in [1.29, 1.82) is 10.5 Å². The minimum atomic E-state index is -0.542. The highest BCUT2D eigenvalue weighted by Crippen LogP contribution is 2.37. The number of aryl methyl sites for hydroxylation is 1. The smallest absolute Gasteiger partial charge is 0.266 e. The highest BCUT2D eigenvalue weighted by atomic mass is 35.5. The summed E-state index contributed by atoms with van der Waals surface area (Å²) in [5.41, 5.74) is 2.10. The third-order valence-corrected chi connectivity index (χ3v) is 5.86. The van der Waals surface area contributed by atoms with Crippen LogP contribution in [0.3, 0.4) is 0 Å². The fourth-order valence-corrected chi connectivity index (χ4v) is 4.53. The predicted octanol–water partition coefficient (Wildman–Crippen LogP) is 4.71. The maximum absolute atomic E-state index is 12.6. The molecule has 1 aromatic carbocycles. The summed E-state index contributed by atoms with van der Waals surface area (Å²) in [4.78, 5) is 13.7. The van der Waals surface area contributed by atoms with Crippen molar-refractivity contribution in [2.24, 2.45) is 0 Å². The van der Waals surface area contributed by atoms with E-state index < -0.39 is 5.91 Å². The first-order valence-corrected chi connectivity index (χ1v) is 9.58. The molecule has 0 spiro atoms. The fraction of sp³-hybridized carbons (Fsp3) is 0.250. The average molecular weight is 398 g/mol. The van der Waals surface area contributed by atoms with Crippen LogP contribution < -0.4 is 10.1 Å². The number of hydrogen-bond acceptors (Lipinski definition) is 5. The third-order valence-electron chi connectivity index (χ3n) is 4.36. The van der Waals surface area contributed by atoms with Crippen LogP contribution in [0.2, 0.25) is 5.02 Å². The first-order valence-electron chi connectivity index (χ1n) is 8.38. The molecule has 1 heterocycles. The van der Waals surface area contributed by atoms with Gasteiger partial charge in [0.1, 0.15) is 28.5 Å². The Morgan fingerprint density at radius 3 is 2.78 bits per heavy atom. The van der Waals surface area contributed by atoms with Gasteiger partial charge in [-0.1, -0.05) is 17.7 Å². The van der Waals surface area contributed by atoms with Gasteiger partial charge in [-0.05, 0) is 55.0 Å². The van der Waals surface area contributed by atoms with Crippen LogP contribution in [0.4, 0.5) is 5.00 Å². The van der Waals surface area contributed by atoms with Crippen LogP contribution in [0.15, 0.2) is 23.8 Å². The number of amides is 1. The number of thiophene rings is 1. The zero-order chi connectivity index (χ0) is 19.4.